The van der Waals surface area contributed by atoms with Gasteiger partial charge in [-0.2, -0.15) is 0 Å². The van der Waals surface area contributed by atoms with Crippen LogP contribution in [-0.4, -0.2) is 17.6 Å². The highest BCUT2D eigenvalue weighted by Gasteiger charge is 2.18. The Kier molecular flexibility index (Phi) is 4.56. The van der Waals surface area contributed by atoms with Gasteiger partial charge in [0.2, 0.25) is 5.76 Å². The fraction of sp³-hybridized carbons (Fsp3) is 0.600. The fourth-order valence-corrected chi connectivity index (χ4v) is 1.43. The van der Waals surface area contributed by atoms with Crippen LogP contribution in [-0.2, 0) is 0 Å². The Hall–Kier alpha value is -0.590. The number of hydrogen-bond acceptors (Lipinski definition) is 3. The molecule has 0 saturated heterocycles. The second-order valence-corrected chi connectivity index (χ2v) is 4.71. The Balaban J connectivity index is 2.58. The molecule has 1 heterocycles. The molecule has 1 N–H and O–H groups in total. The minimum Gasteiger partial charge on any atom is -0.350 e. The van der Waals surface area contributed by atoms with E-state index in [0.29, 0.717) is 18.2 Å². The Bertz CT molecular complexity index is 349. The molecule has 1 amide bonds. The zero-order chi connectivity index (χ0) is 11.4. The first-order chi connectivity index (χ1) is 7.06. The number of amides is 1. The van der Waals surface area contributed by atoms with Gasteiger partial charge in [0, 0.05) is 6.54 Å². The summed E-state index contributed by atoms with van der Waals surface area (Å²) in [7, 11) is 0. The summed E-state index contributed by atoms with van der Waals surface area (Å²) in [5.41, 5.74) is 0.754. The summed E-state index contributed by atoms with van der Waals surface area (Å²) in [4.78, 5) is 11.6. The van der Waals surface area contributed by atoms with Gasteiger partial charge in [-0.05, 0) is 35.4 Å². The van der Waals surface area contributed by atoms with Crippen LogP contribution in [0.4, 0.5) is 0 Å². The Morgan fingerprint density at radius 2 is 2.33 bits per heavy atom. The molecule has 1 rings (SSSR count). The van der Waals surface area contributed by atoms with Crippen molar-refractivity contribution in [3.63, 3.8) is 0 Å². The average Bonchev–Trinajstić information content (AvgIpc) is 2.56. The molecule has 0 aromatic carbocycles. The molecule has 1 aromatic rings. The molecule has 1 atom stereocenters. The van der Waals surface area contributed by atoms with Gasteiger partial charge in [0.15, 0.2) is 0 Å². The molecule has 5 heteroatoms. The summed E-state index contributed by atoms with van der Waals surface area (Å²) < 4.78 is 5.74. The zero-order valence-corrected chi connectivity index (χ0v) is 11.3. The van der Waals surface area contributed by atoms with E-state index in [2.05, 4.69) is 46.9 Å². The van der Waals surface area contributed by atoms with Crippen LogP contribution in [0.5, 0.6) is 0 Å². The SMILES string of the molecule is CCC(C)CNC(=O)c1onc(C)c1I. The number of halogens is 1. The van der Waals surface area contributed by atoms with Crippen LogP contribution in [0, 0.1) is 16.4 Å². The van der Waals surface area contributed by atoms with Crippen molar-refractivity contribution in [2.24, 2.45) is 5.92 Å². The molecular formula is C10H15IN2O2. The van der Waals surface area contributed by atoms with Crippen molar-refractivity contribution in [2.45, 2.75) is 27.2 Å². The van der Waals surface area contributed by atoms with Crippen molar-refractivity contribution in [3.05, 3.63) is 15.0 Å². The van der Waals surface area contributed by atoms with Gasteiger partial charge < -0.3 is 9.84 Å². The monoisotopic (exact) mass is 322 g/mol. The molecule has 15 heavy (non-hydrogen) atoms. The highest BCUT2D eigenvalue weighted by Crippen LogP contribution is 2.15. The van der Waals surface area contributed by atoms with Gasteiger partial charge in [-0.25, -0.2) is 0 Å². The summed E-state index contributed by atoms with van der Waals surface area (Å²) in [6.45, 7) is 6.68. The van der Waals surface area contributed by atoms with Crippen molar-refractivity contribution < 1.29 is 9.32 Å². The first kappa shape index (κ1) is 12.5. The van der Waals surface area contributed by atoms with Crippen molar-refractivity contribution in [1.29, 1.82) is 0 Å². The second kappa shape index (κ2) is 5.48. The lowest BCUT2D eigenvalue weighted by Gasteiger charge is -2.08. The van der Waals surface area contributed by atoms with Crippen LogP contribution in [0.25, 0.3) is 0 Å². The van der Waals surface area contributed by atoms with Crippen molar-refractivity contribution in [1.82, 2.24) is 10.5 Å². The van der Waals surface area contributed by atoms with Crippen LogP contribution in [0.1, 0.15) is 36.5 Å². The van der Waals surface area contributed by atoms with Crippen LogP contribution in [0.2, 0.25) is 0 Å². The molecule has 4 nitrogen and oxygen atoms in total. The predicted octanol–water partition coefficient (Wildman–Crippen LogP) is 2.36. The topological polar surface area (TPSA) is 55.1 Å². The Morgan fingerprint density at radius 3 is 2.80 bits per heavy atom. The van der Waals surface area contributed by atoms with E-state index in [1.54, 1.807) is 0 Å². The molecular weight excluding hydrogens is 307 g/mol. The third kappa shape index (κ3) is 3.19. The largest absolute Gasteiger partial charge is 0.350 e. The van der Waals surface area contributed by atoms with Gasteiger partial charge >= 0.3 is 0 Å². The molecule has 1 aromatic heterocycles. The minimum absolute atomic E-state index is 0.180. The predicted molar refractivity (Wildman–Crippen MR) is 65.7 cm³/mol. The first-order valence-corrected chi connectivity index (χ1v) is 6.04. The summed E-state index contributed by atoms with van der Waals surface area (Å²) in [5.74, 6) is 0.618. The van der Waals surface area contributed by atoms with E-state index >= 15 is 0 Å². The standard InChI is InChI=1S/C10H15IN2O2/c1-4-6(2)5-12-10(14)9-8(11)7(3)13-15-9/h6H,4-5H2,1-3H3,(H,12,14). The number of aromatic nitrogens is 1. The van der Waals surface area contributed by atoms with Gasteiger partial charge in [0.25, 0.3) is 5.91 Å². The van der Waals surface area contributed by atoms with Gasteiger partial charge in [0.1, 0.15) is 0 Å². The fourth-order valence-electron chi connectivity index (χ4n) is 0.991. The third-order valence-electron chi connectivity index (χ3n) is 2.31. The Morgan fingerprint density at radius 1 is 1.67 bits per heavy atom. The summed E-state index contributed by atoms with van der Waals surface area (Å²) in [5, 5.41) is 6.57. The number of nitrogens with zero attached hydrogens (tertiary/aromatic N) is 1. The number of nitrogens with one attached hydrogen (secondary N) is 1. The summed E-state index contributed by atoms with van der Waals surface area (Å²) in [6.07, 6.45) is 1.05. The lowest BCUT2D eigenvalue weighted by Crippen LogP contribution is -2.28. The number of rotatable bonds is 4. The van der Waals surface area contributed by atoms with E-state index in [4.69, 9.17) is 4.52 Å². The van der Waals surface area contributed by atoms with E-state index in [0.717, 1.165) is 15.7 Å². The molecule has 0 aliphatic heterocycles. The third-order valence-corrected chi connectivity index (χ3v) is 3.58. The normalized spacial score (nSPS) is 12.5. The quantitative estimate of drug-likeness (QED) is 0.866. The van der Waals surface area contributed by atoms with Crippen molar-refractivity contribution >= 4 is 28.5 Å². The molecule has 0 saturated carbocycles. The van der Waals surface area contributed by atoms with Gasteiger partial charge in [-0.1, -0.05) is 25.4 Å². The van der Waals surface area contributed by atoms with Crippen LogP contribution < -0.4 is 5.32 Å². The maximum Gasteiger partial charge on any atom is 0.291 e. The van der Waals surface area contributed by atoms with Gasteiger partial charge in [0.05, 0.1) is 9.26 Å². The number of carbonyl (C=O) groups excluding carboxylic acids is 1. The first-order valence-electron chi connectivity index (χ1n) is 4.96. The van der Waals surface area contributed by atoms with Gasteiger partial charge in [-0.15, -0.1) is 0 Å². The van der Waals surface area contributed by atoms with E-state index in [9.17, 15) is 4.79 Å². The summed E-state index contributed by atoms with van der Waals surface area (Å²) in [6, 6.07) is 0. The maximum atomic E-state index is 11.6. The van der Waals surface area contributed by atoms with Crippen molar-refractivity contribution in [2.75, 3.05) is 6.54 Å². The molecule has 0 radical (unpaired) electrons. The molecule has 0 spiro atoms. The maximum absolute atomic E-state index is 11.6. The molecule has 1 unspecified atom stereocenters. The minimum atomic E-state index is -0.180. The molecule has 84 valence electrons. The van der Waals surface area contributed by atoms with E-state index in [1.165, 1.54) is 0 Å². The van der Waals surface area contributed by atoms with Gasteiger partial charge in [-0.3, -0.25) is 4.79 Å². The smallest absolute Gasteiger partial charge is 0.291 e. The zero-order valence-electron chi connectivity index (χ0n) is 9.13. The highest BCUT2D eigenvalue weighted by atomic mass is 127. The molecule has 0 aliphatic rings. The molecule has 0 fully saturated rings. The Labute approximate surface area is 103 Å². The van der Waals surface area contributed by atoms with Crippen molar-refractivity contribution in [3.8, 4) is 0 Å². The number of aryl methyl sites for hydroxylation is 1. The lowest BCUT2D eigenvalue weighted by atomic mass is 10.1. The van der Waals surface area contributed by atoms with E-state index < -0.39 is 0 Å². The highest BCUT2D eigenvalue weighted by molar-refractivity contribution is 14.1. The van der Waals surface area contributed by atoms with Crippen LogP contribution in [0.15, 0.2) is 4.52 Å². The molecule has 0 aliphatic carbocycles. The van der Waals surface area contributed by atoms with E-state index in [-0.39, 0.29) is 5.91 Å². The number of hydrogen-bond donors (Lipinski definition) is 1. The number of carbonyl (C=O) groups is 1. The van der Waals surface area contributed by atoms with E-state index in [1.807, 2.05) is 6.92 Å². The summed E-state index contributed by atoms with van der Waals surface area (Å²) >= 11 is 2.06. The van der Waals surface area contributed by atoms with Crippen LogP contribution >= 0.6 is 22.6 Å². The second-order valence-electron chi connectivity index (χ2n) is 3.63. The lowest BCUT2D eigenvalue weighted by molar-refractivity contribution is 0.0909. The van der Waals surface area contributed by atoms with Crippen LogP contribution in [0.3, 0.4) is 0 Å². The molecule has 0 bridgehead atoms. The average molecular weight is 322 g/mol.